The normalized spacial score (nSPS) is 19.8. The zero-order valence-corrected chi connectivity index (χ0v) is 15.6. The number of carboxylic acids is 1. The lowest BCUT2D eigenvalue weighted by Crippen LogP contribution is -2.49. The number of nitrogens with one attached hydrogen (secondary N) is 1. The van der Waals surface area contributed by atoms with Crippen LogP contribution in [0.4, 0.5) is 13.2 Å². The molecule has 4 rings (SSSR count). The smallest absolute Gasteiger partial charge is 0.401 e. The van der Waals surface area contributed by atoms with Crippen molar-refractivity contribution in [2.75, 3.05) is 32.7 Å². The number of allylic oxidation sites excluding steroid dienone is 1. The Morgan fingerprint density at radius 2 is 2.03 bits per heavy atom. The van der Waals surface area contributed by atoms with Gasteiger partial charge in [-0.15, -0.1) is 0 Å². The van der Waals surface area contributed by atoms with Crippen LogP contribution in [0.5, 0.6) is 0 Å². The summed E-state index contributed by atoms with van der Waals surface area (Å²) in [6.07, 6.45) is 0.347. The fourth-order valence-electron chi connectivity index (χ4n) is 3.53. The van der Waals surface area contributed by atoms with Gasteiger partial charge in [-0.2, -0.15) is 13.2 Å². The molecule has 4 heterocycles. The molecule has 2 aliphatic rings. The number of ether oxygens (including phenoxy) is 1. The third-order valence-corrected chi connectivity index (χ3v) is 4.92. The Hall–Kier alpha value is -3.34. The number of Topliss-reactive ketones (excluding diaryl/α,β-unsaturated/α-hetero) is 1. The highest BCUT2D eigenvalue weighted by atomic mass is 19.4. The highest BCUT2D eigenvalue weighted by Gasteiger charge is 2.40. The zero-order chi connectivity index (χ0) is 21.5. The topological polar surface area (TPSA) is 98.8 Å². The van der Waals surface area contributed by atoms with Crippen molar-refractivity contribution in [3.05, 3.63) is 47.3 Å². The number of H-pyrrole nitrogens is 1. The highest BCUT2D eigenvalue weighted by molar-refractivity contribution is 6.26. The van der Waals surface area contributed by atoms with Gasteiger partial charge in [-0.05, 0) is 18.2 Å². The van der Waals surface area contributed by atoms with E-state index in [-0.39, 0.29) is 37.8 Å². The van der Waals surface area contributed by atoms with Crippen LogP contribution in [0.2, 0.25) is 0 Å². The van der Waals surface area contributed by atoms with Crippen molar-refractivity contribution in [3.63, 3.8) is 0 Å². The average Bonchev–Trinajstić information content (AvgIpc) is 3.23. The van der Waals surface area contributed by atoms with Crippen LogP contribution < -0.4 is 0 Å². The largest absolute Gasteiger partial charge is 0.477 e. The van der Waals surface area contributed by atoms with Gasteiger partial charge >= 0.3 is 12.1 Å². The van der Waals surface area contributed by atoms with Gasteiger partial charge in [0.15, 0.2) is 11.3 Å². The predicted octanol–water partition coefficient (Wildman–Crippen LogP) is 1.98. The summed E-state index contributed by atoms with van der Waals surface area (Å²) in [6.45, 7) is -0.675. The van der Waals surface area contributed by atoms with Gasteiger partial charge in [-0.1, -0.05) is 0 Å². The summed E-state index contributed by atoms with van der Waals surface area (Å²) in [5, 5.41) is 10.2. The molecule has 0 spiro atoms. The third kappa shape index (κ3) is 3.88. The molecular weight excluding hydrogens is 405 g/mol. The Labute approximate surface area is 168 Å². The number of piperazine rings is 1. The van der Waals surface area contributed by atoms with E-state index in [1.165, 1.54) is 15.9 Å². The molecule has 0 unspecified atom stereocenters. The van der Waals surface area contributed by atoms with Crippen molar-refractivity contribution < 1.29 is 32.6 Å². The number of aromatic nitrogens is 2. The number of fused-ring (bicyclic) bond motifs is 1. The molecule has 1 saturated heterocycles. The molecule has 2 aromatic rings. The molecule has 0 bridgehead atoms. The van der Waals surface area contributed by atoms with Crippen molar-refractivity contribution in [2.45, 2.75) is 6.18 Å². The molecular formula is C19H17F3N4O4. The fourth-order valence-corrected chi connectivity index (χ4v) is 3.53. The number of carbonyl (C=O) groups is 2. The summed E-state index contributed by atoms with van der Waals surface area (Å²) in [7, 11) is 0. The summed E-state index contributed by atoms with van der Waals surface area (Å²) in [5.41, 5.74) is 0.674. The van der Waals surface area contributed by atoms with E-state index in [0.29, 0.717) is 11.2 Å². The van der Waals surface area contributed by atoms with E-state index in [9.17, 15) is 27.9 Å². The second-order valence-corrected chi connectivity index (χ2v) is 6.95. The second kappa shape index (κ2) is 7.48. The number of alkyl halides is 3. The number of pyridine rings is 1. The number of hydrogen-bond donors (Lipinski definition) is 2. The van der Waals surface area contributed by atoms with Crippen molar-refractivity contribution in [2.24, 2.45) is 0 Å². The van der Waals surface area contributed by atoms with E-state index in [2.05, 4.69) is 9.97 Å². The molecule has 8 nitrogen and oxygen atoms in total. The van der Waals surface area contributed by atoms with Gasteiger partial charge in [0.1, 0.15) is 5.65 Å². The Bertz CT molecular complexity index is 1070. The molecule has 2 aliphatic heterocycles. The van der Waals surface area contributed by atoms with Gasteiger partial charge in [-0.25, -0.2) is 9.78 Å². The molecule has 0 saturated carbocycles. The van der Waals surface area contributed by atoms with Crippen LogP contribution in [0, 0.1) is 0 Å². The molecule has 2 N–H and O–H groups in total. The van der Waals surface area contributed by atoms with Crippen LogP contribution >= 0.6 is 0 Å². The Balaban J connectivity index is 1.56. The Kier molecular flexibility index (Phi) is 4.98. The summed E-state index contributed by atoms with van der Waals surface area (Å²) in [4.78, 5) is 34.2. The first-order valence-corrected chi connectivity index (χ1v) is 9.11. The van der Waals surface area contributed by atoms with E-state index >= 15 is 0 Å². The molecule has 0 radical (unpaired) electrons. The van der Waals surface area contributed by atoms with Gasteiger partial charge in [0.25, 0.3) is 0 Å². The number of halogens is 3. The standard InChI is InChI=1S/C19H17F3N4O4/c20-19(21,22)10-25-4-6-26(7-5-25)17-14(18(28)29)15(27)13(30-17)8-11-9-24-16-12(11)2-1-3-23-16/h1-3,8-9H,4-7,10H2,(H,23,24)(H,28,29). The second-order valence-electron chi connectivity index (χ2n) is 6.95. The monoisotopic (exact) mass is 422 g/mol. The van der Waals surface area contributed by atoms with Crippen LogP contribution in [0.3, 0.4) is 0 Å². The summed E-state index contributed by atoms with van der Waals surface area (Å²) >= 11 is 0. The van der Waals surface area contributed by atoms with Gasteiger partial charge in [0.2, 0.25) is 11.7 Å². The van der Waals surface area contributed by atoms with Crippen LogP contribution in [0.1, 0.15) is 5.56 Å². The maximum atomic E-state index is 12.7. The summed E-state index contributed by atoms with van der Waals surface area (Å²) in [6, 6.07) is 3.51. The van der Waals surface area contributed by atoms with E-state index < -0.39 is 30.0 Å². The minimum absolute atomic E-state index is 0.0701. The van der Waals surface area contributed by atoms with Crippen molar-refractivity contribution >= 4 is 28.9 Å². The van der Waals surface area contributed by atoms with Crippen LogP contribution in [0.25, 0.3) is 17.1 Å². The minimum atomic E-state index is -4.31. The van der Waals surface area contributed by atoms with E-state index in [0.717, 1.165) is 5.39 Å². The van der Waals surface area contributed by atoms with E-state index in [4.69, 9.17) is 4.74 Å². The summed E-state index contributed by atoms with van der Waals surface area (Å²) < 4.78 is 43.3. The first-order chi connectivity index (χ1) is 14.2. The van der Waals surface area contributed by atoms with E-state index in [1.54, 1.807) is 24.5 Å². The molecule has 30 heavy (non-hydrogen) atoms. The molecule has 0 aromatic carbocycles. The van der Waals surface area contributed by atoms with Gasteiger partial charge in [0.05, 0.1) is 6.54 Å². The molecule has 2 aromatic heterocycles. The van der Waals surface area contributed by atoms with Gasteiger partial charge in [-0.3, -0.25) is 9.69 Å². The van der Waals surface area contributed by atoms with Crippen LogP contribution in [-0.2, 0) is 14.3 Å². The third-order valence-electron chi connectivity index (χ3n) is 4.92. The summed E-state index contributed by atoms with van der Waals surface area (Å²) in [5.74, 6) is -2.53. The predicted molar refractivity (Wildman–Crippen MR) is 98.9 cm³/mol. The fraction of sp³-hybridized carbons (Fsp3) is 0.316. The molecule has 11 heteroatoms. The number of aliphatic carboxylic acids is 1. The maximum absolute atomic E-state index is 12.7. The van der Waals surface area contributed by atoms with E-state index in [1.807, 2.05) is 0 Å². The lowest BCUT2D eigenvalue weighted by atomic mass is 10.1. The number of aromatic amines is 1. The minimum Gasteiger partial charge on any atom is -0.477 e. The van der Waals surface area contributed by atoms with Gasteiger partial charge in [0, 0.05) is 49.5 Å². The number of carbonyl (C=O) groups excluding carboxylic acids is 1. The highest BCUT2D eigenvalue weighted by Crippen LogP contribution is 2.31. The number of rotatable bonds is 4. The SMILES string of the molecule is O=C(O)C1=C(N2CCN(CC(F)(F)F)CC2)OC(=Cc2c[nH]c3ncccc23)C1=O. The molecule has 158 valence electrons. The lowest BCUT2D eigenvalue weighted by Gasteiger charge is -2.36. The van der Waals surface area contributed by atoms with Crippen LogP contribution in [0.15, 0.2) is 41.7 Å². The number of ketones is 1. The van der Waals surface area contributed by atoms with Crippen LogP contribution in [-0.4, -0.2) is 75.5 Å². The lowest BCUT2D eigenvalue weighted by molar-refractivity contribution is -0.149. The van der Waals surface area contributed by atoms with Crippen molar-refractivity contribution in [3.8, 4) is 0 Å². The maximum Gasteiger partial charge on any atom is 0.401 e. The Morgan fingerprint density at radius 1 is 1.30 bits per heavy atom. The zero-order valence-electron chi connectivity index (χ0n) is 15.6. The quantitative estimate of drug-likeness (QED) is 0.574. The molecule has 0 amide bonds. The number of hydrogen-bond acceptors (Lipinski definition) is 6. The molecule has 0 aliphatic carbocycles. The number of carboxylic acid groups (broad SMARTS) is 1. The number of nitrogens with zero attached hydrogens (tertiary/aromatic N) is 3. The first kappa shape index (κ1) is 20.0. The molecule has 0 atom stereocenters. The average molecular weight is 422 g/mol. The van der Waals surface area contributed by atoms with Crippen molar-refractivity contribution in [1.82, 2.24) is 19.8 Å². The molecule has 1 fully saturated rings. The Morgan fingerprint density at radius 3 is 2.70 bits per heavy atom. The first-order valence-electron chi connectivity index (χ1n) is 9.11. The van der Waals surface area contributed by atoms with Crippen molar-refractivity contribution in [1.29, 1.82) is 0 Å². The van der Waals surface area contributed by atoms with Gasteiger partial charge < -0.3 is 19.7 Å².